The highest BCUT2D eigenvalue weighted by Gasteiger charge is 2.11. The average Bonchev–Trinajstić information content (AvgIpc) is 2.60. The van der Waals surface area contributed by atoms with Crippen molar-refractivity contribution in [3.05, 3.63) is 33.3 Å². The van der Waals surface area contributed by atoms with Gasteiger partial charge in [0.1, 0.15) is 10.2 Å². The van der Waals surface area contributed by atoms with E-state index in [1.807, 2.05) is 0 Å². The number of hydrogen-bond donors (Lipinski definition) is 2. The van der Waals surface area contributed by atoms with Crippen LogP contribution in [0.5, 0.6) is 0 Å². The van der Waals surface area contributed by atoms with Crippen LogP contribution in [0.4, 0.5) is 0 Å². The van der Waals surface area contributed by atoms with Crippen LogP contribution in [0.2, 0.25) is 5.15 Å². The summed E-state index contributed by atoms with van der Waals surface area (Å²) in [5.41, 5.74) is -0.337. The maximum absolute atomic E-state index is 11.2. The number of aromatic amines is 1. The molecule has 7 nitrogen and oxygen atoms in total. The predicted octanol–water partition coefficient (Wildman–Crippen LogP) is 1.01. The normalized spacial score (nSPS) is 10.6. The first-order chi connectivity index (χ1) is 8.47. The number of aromatic carboxylic acids is 1. The van der Waals surface area contributed by atoms with Crippen molar-refractivity contribution in [3.8, 4) is 0 Å². The molecule has 0 bridgehead atoms. The fourth-order valence-corrected chi connectivity index (χ4v) is 2.25. The SMILES string of the molecule is Cn1c(Sc2cc(C(=O)O)cc(Cl)n2)n[nH]c1=O. The second-order valence-electron chi connectivity index (χ2n) is 3.29. The van der Waals surface area contributed by atoms with E-state index in [2.05, 4.69) is 15.2 Å². The molecular formula is C9H7ClN4O3S. The number of carboxylic acid groups (broad SMARTS) is 1. The van der Waals surface area contributed by atoms with Crippen LogP contribution in [-0.4, -0.2) is 30.8 Å². The van der Waals surface area contributed by atoms with E-state index < -0.39 is 5.97 Å². The van der Waals surface area contributed by atoms with Crippen molar-refractivity contribution in [2.75, 3.05) is 0 Å². The van der Waals surface area contributed by atoms with Gasteiger partial charge >= 0.3 is 11.7 Å². The Morgan fingerprint density at radius 1 is 1.56 bits per heavy atom. The number of carbonyl (C=O) groups is 1. The third kappa shape index (κ3) is 2.54. The third-order valence-corrected chi connectivity index (χ3v) is 3.21. The Balaban J connectivity index is 2.37. The van der Waals surface area contributed by atoms with Crippen molar-refractivity contribution in [1.29, 1.82) is 0 Å². The van der Waals surface area contributed by atoms with E-state index in [0.717, 1.165) is 11.8 Å². The van der Waals surface area contributed by atoms with Crippen molar-refractivity contribution in [2.45, 2.75) is 10.2 Å². The van der Waals surface area contributed by atoms with E-state index in [1.54, 1.807) is 0 Å². The summed E-state index contributed by atoms with van der Waals surface area (Å²) < 4.78 is 1.29. The number of nitrogens with one attached hydrogen (secondary N) is 1. The molecule has 0 amide bonds. The number of H-pyrrole nitrogens is 1. The van der Waals surface area contributed by atoms with E-state index in [1.165, 1.54) is 23.7 Å². The minimum absolute atomic E-state index is 0.0260. The molecule has 0 saturated heterocycles. The quantitative estimate of drug-likeness (QED) is 0.817. The van der Waals surface area contributed by atoms with Gasteiger partial charge in [0, 0.05) is 7.05 Å². The molecule has 0 aliphatic heterocycles. The molecule has 94 valence electrons. The van der Waals surface area contributed by atoms with Gasteiger partial charge in [-0.05, 0) is 23.9 Å². The van der Waals surface area contributed by atoms with Crippen LogP contribution in [0.15, 0.2) is 27.1 Å². The number of carboxylic acids is 1. The highest BCUT2D eigenvalue weighted by atomic mass is 35.5. The largest absolute Gasteiger partial charge is 0.478 e. The Kier molecular flexibility index (Phi) is 3.39. The molecule has 9 heteroatoms. The molecule has 18 heavy (non-hydrogen) atoms. The van der Waals surface area contributed by atoms with E-state index in [9.17, 15) is 9.59 Å². The van der Waals surface area contributed by atoms with Gasteiger partial charge in [0.25, 0.3) is 0 Å². The van der Waals surface area contributed by atoms with Crippen LogP contribution in [0.1, 0.15) is 10.4 Å². The lowest BCUT2D eigenvalue weighted by atomic mass is 10.3. The molecule has 0 atom stereocenters. The second kappa shape index (κ2) is 4.83. The number of nitrogens with zero attached hydrogens (tertiary/aromatic N) is 3. The van der Waals surface area contributed by atoms with Crippen molar-refractivity contribution in [2.24, 2.45) is 7.05 Å². The van der Waals surface area contributed by atoms with Crippen LogP contribution in [0.25, 0.3) is 0 Å². The van der Waals surface area contributed by atoms with Gasteiger partial charge in [0.05, 0.1) is 5.56 Å². The molecule has 0 aliphatic carbocycles. The number of aromatic nitrogens is 4. The van der Waals surface area contributed by atoms with Crippen LogP contribution in [-0.2, 0) is 7.05 Å². The molecule has 0 unspecified atom stereocenters. The molecule has 2 heterocycles. The Morgan fingerprint density at radius 2 is 2.28 bits per heavy atom. The minimum Gasteiger partial charge on any atom is -0.478 e. The molecule has 0 radical (unpaired) electrons. The fraction of sp³-hybridized carbons (Fsp3) is 0.111. The van der Waals surface area contributed by atoms with Gasteiger partial charge in [0.2, 0.25) is 0 Å². The number of halogens is 1. The first-order valence-electron chi connectivity index (χ1n) is 4.67. The van der Waals surface area contributed by atoms with Crippen LogP contribution in [0.3, 0.4) is 0 Å². The molecule has 2 aromatic rings. The fourth-order valence-electron chi connectivity index (χ4n) is 1.17. The van der Waals surface area contributed by atoms with Gasteiger partial charge in [-0.3, -0.25) is 4.57 Å². The van der Waals surface area contributed by atoms with Crippen LogP contribution < -0.4 is 5.69 Å². The van der Waals surface area contributed by atoms with Crippen molar-refractivity contribution >= 4 is 29.3 Å². The molecule has 0 saturated carbocycles. The summed E-state index contributed by atoms with van der Waals surface area (Å²) in [6, 6.07) is 2.61. The summed E-state index contributed by atoms with van der Waals surface area (Å²) in [7, 11) is 1.54. The zero-order valence-electron chi connectivity index (χ0n) is 9.05. The first kappa shape index (κ1) is 12.7. The van der Waals surface area contributed by atoms with Gasteiger partial charge in [-0.25, -0.2) is 19.7 Å². The van der Waals surface area contributed by atoms with Crippen molar-refractivity contribution in [3.63, 3.8) is 0 Å². The number of pyridine rings is 1. The Labute approximate surface area is 110 Å². The maximum Gasteiger partial charge on any atom is 0.343 e. The summed E-state index contributed by atoms with van der Waals surface area (Å²) in [6.45, 7) is 0. The maximum atomic E-state index is 11.2. The lowest BCUT2D eigenvalue weighted by Gasteiger charge is -2.02. The lowest BCUT2D eigenvalue weighted by Crippen LogP contribution is -2.12. The summed E-state index contributed by atoms with van der Waals surface area (Å²) in [5.74, 6) is -1.10. The smallest absolute Gasteiger partial charge is 0.343 e. The Hall–Kier alpha value is -1.80. The molecule has 0 aliphatic rings. The number of rotatable bonds is 3. The van der Waals surface area contributed by atoms with E-state index >= 15 is 0 Å². The zero-order chi connectivity index (χ0) is 13.3. The topological polar surface area (TPSA) is 101 Å². The molecule has 0 fully saturated rings. The first-order valence-corrected chi connectivity index (χ1v) is 5.87. The standard InChI is InChI=1S/C9H7ClN4O3S/c1-14-8(17)12-13-9(14)18-6-3-4(7(15)16)2-5(10)11-6/h2-3H,1H3,(H,12,17)(H,15,16). The van der Waals surface area contributed by atoms with Gasteiger partial charge in [0.15, 0.2) is 5.16 Å². The van der Waals surface area contributed by atoms with Gasteiger partial charge in [-0.2, -0.15) is 0 Å². The van der Waals surface area contributed by atoms with E-state index in [-0.39, 0.29) is 16.4 Å². The second-order valence-corrected chi connectivity index (χ2v) is 4.67. The molecule has 2 N–H and O–H groups in total. The highest BCUT2D eigenvalue weighted by Crippen LogP contribution is 2.25. The Morgan fingerprint density at radius 3 is 2.83 bits per heavy atom. The summed E-state index contributed by atoms with van der Waals surface area (Å²) in [4.78, 5) is 26.0. The van der Waals surface area contributed by atoms with Crippen molar-refractivity contribution in [1.82, 2.24) is 19.7 Å². The van der Waals surface area contributed by atoms with Crippen LogP contribution in [0, 0.1) is 0 Å². The molecule has 0 aromatic carbocycles. The Bertz CT molecular complexity index is 666. The molecule has 0 spiro atoms. The number of hydrogen-bond acceptors (Lipinski definition) is 5. The monoisotopic (exact) mass is 286 g/mol. The average molecular weight is 287 g/mol. The molecule has 2 aromatic heterocycles. The summed E-state index contributed by atoms with van der Waals surface area (Å²) in [6.07, 6.45) is 0. The highest BCUT2D eigenvalue weighted by molar-refractivity contribution is 7.99. The summed E-state index contributed by atoms with van der Waals surface area (Å²) in [5, 5.41) is 15.7. The third-order valence-electron chi connectivity index (χ3n) is 2.05. The molecular weight excluding hydrogens is 280 g/mol. The van der Waals surface area contributed by atoms with E-state index in [4.69, 9.17) is 16.7 Å². The van der Waals surface area contributed by atoms with Gasteiger partial charge in [-0.1, -0.05) is 11.6 Å². The lowest BCUT2D eigenvalue weighted by molar-refractivity contribution is 0.0696. The molecule has 2 rings (SSSR count). The predicted molar refractivity (Wildman–Crippen MR) is 64.2 cm³/mol. The van der Waals surface area contributed by atoms with Gasteiger partial charge < -0.3 is 5.11 Å². The van der Waals surface area contributed by atoms with Crippen LogP contribution >= 0.6 is 23.4 Å². The zero-order valence-corrected chi connectivity index (χ0v) is 10.6. The van der Waals surface area contributed by atoms with Gasteiger partial charge in [-0.15, -0.1) is 5.10 Å². The van der Waals surface area contributed by atoms with Crippen molar-refractivity contribution < 1.29 is 9.90 Å². The minimum atomic E-state index is -1.10. The van der Waals surface area contributed by atoms with E-state index in [0.29, 0.717) is 10.2 Å². The summed E-state index contributed by atoms with van der Waals surface area (Å²) >= 11 is 6.76.